The van der Waals surface area contributed by atoms with Gasteiger partial charge in [0.05, 0.1) is 24.5 Å². The first kappa shape index (κ1) is 16.1. The normalized spacial score (nSPS) is 14.4. The van der Waals surface area contributed by atoms with Crippen LogP contribution in [-0.4, -0.2) is 42.5 Å². The van der Waals surface area contributed by atoms with Crippen molar-refractivity contribution < 1.29 is 19.7 Å². The number of anilines is 2. The molecule has 2 aromatic carbocycles. The van der Waals surface area contributed by atoms with Gasteiger partial charge in [-0.1, -0.05) is 12.1 Å². The number of morpholine rings is 1. The van der Waals surface area contributed by atoms with Crippen molar-refractivity contribution in [2.45, 2.75) is 6.54 Å². The zero-order valence-electron chi connectivity index (χ0n) is 13.2. The van der Waals surface area contributed by atoms with Gasteiger partial charge in [0.1, 0.15) is 5.75 Å². The van der Waals surface area contributed by atoms with Gasteiger partial charge in [0.25, 0.3) is 0 Å². The summed E-state index contributed by atoms with van der Waals surface area (Å²) >= 11 is 0. The maximum atomic E-state index is 11.6. The van der Waals surface area contributed by atoms with Gasteiger partial charge >= 0.3 is 5.97 Å². The first-order chi connectivity index (χ1) is 11.6. The number of aromatic carboxylic acids is 1. The molecular weight excluding hydrogens is 308 g/mol. The molecule has 0 aromatic heterocycles. The summed E-state index contributed by atoms with van der Waals surface area (Å²) in [5.41, 5.74) is 2.64. The number of carboxylic acids is 1. The zero-order chi connectivity index (χ0) is 16.9. The third kappa shape index (κ3) is 3.78. The zero-order valence-corrected chi connectivity index (χ0v) is 13.2. The van der Waals surface area contributed by atoms with Gasteiger partial charge in [-0.05, 0) is 35.9 Å². The maximum absolute atomic E-state index is 11.6. The summed E-state index contributed by atoms with van der Waals surface area (Å²) in [7, 11) is 0. The second-order valence-electron chi connectivity index (χ2n) is 5.66. The minimum atomic E-state index is -0.947. The van der Waals surface area contributed by atoms with Crippen LogP contribution in [0.25, 0.3) is 0 Å². The summed E-state index contributed by atoms with van der Waals surface area (Å²) < 4.78 is 5.32. The Bertz CT molecular complexity index is 727. The van der Waals surface area contributed by atoms with Gasteiger partial charge < -0.3 is 25.2 Å². The number of carbonyl (C=O) groups is 1. The molecule has 1 heterocycles. The maximum Gasteiger partial charge on any atom is 0.337 e. The number of benzene rings is 2. The topological polar surface area (TPSA) is 82.0 Å². The van der Waals surface area contributed by atoms with E-state index in [1.54, 1.807) is 24.3 Å². The predicted octanol–water partition coefficient (Wildman–Crippen LogP) is 2.54. The Morgan fingerprint density at radius 1 is 1.17 bits per heavy atom. The van der Waals surface area contributed by atoms with E-state index < -0.39 is 5.97 Å². The van der Waals surface area contributed by atoms with Crippen molar-refractivity contribution >= 4 is 17.3 Å². The summed E-state index contributed by atoms with van der Waals surface area (Å²) in [6.07, 6.45) is 0. The molecular formula is C18H20N2O4. The van der Waals surface area contributed by atoms with E-state index in [4.69, 9.17) is 4.74 Å². The number of phenolic OH excluding ortho intramolecular Hbond substituents is 1. The number of carboxylic acid groups (broad SMARTS) is 1. The highest BCUT2D eigenvalue weighted by Gasteiger charge is 2.18. The van der Waals surface area contributed by atoms with Crippen LogP contribution in [0.3, 0.4) is 0 Å². The molecule has 24 heavy (non-hydrogen) atoms. The van der Waals surface area contributed by atoms with Gasteiger partial charge in [-0.2, -0.15) is 0 Å². The number of nitrogens with one attached hydrogen (secondary N) is 1. The molecule has 6 nitrogen and oxygen atoms in total. The molecule has 0 aliphatic carbocycles. The summed E-state index contributed by atoms with van der Waals surface area (Å²) in [4.78, 5) is 13.7. The fraction of sp³-hybridized carbons (Fsp3) is 0.278. The number of ether oxygens (including phenoxy) is 1. The standard InChI is InChI=1S/C18H20N2O4/c21-15-3-1-2-13(10-15)12-19-14-4-5-17(16(11-14)18(22)23)20-6-8-24-9-7-20/h1-5,10-11,19,21H,6-9,12H2,(H,22,23). The highest BCUT2D eigenvalue weighted by Crippen LogP contribution is 2.26. The number of nitrogens with zero attached hydrogens (tertiary/aromatic N) is 1. The van der Waals surface area contributed by atoms with E-state index in [2.05, 4.69) is 5.32 Å². The molecule has 0 unspecified atom stereocenters. The first-order valence-electron chi connectivity index (χ1n) is 7.85. The monoisotopic (exact) mass is 328 g/mol. The van der Waals surface area contributed by atoms with E-state index in [0.717, 1.165) is 11.3 Å². The van der Waals surface area contributed by atoms with E-state index in [0.29, 0.717) is 38.5 Å². The molecule has 6 heteroatoms. The third-order valence-corrected chi connectivity index (χ3v) is 3.99. The van der Waals surface area contributed by atoms with Gasteiger partial charge in [0.2, 0.25) is 0 Å². The van der Waals surface area contributed by atoms with E-state index in [1.165, 1.54) is 0 Å². The largest absolute Gasteiger partial charge is 0.508 e. The molecule has 126 valence electrons. The second kappa shape index (κ2) is 7.23. The summed E-state index contributed by atoms with van der Waals surface area (Å²) in [6, 6.07) is 12.3. The lowest BCUT2D eigenvalue weighted by Gasteiger charge is -2.30. The number of hydrogen-bond acceptors (Lipinski definition) is 5. The van der Waals surface area contributed by atoms with Crippen LogP contribution in [-0.2, 0) is 11.3 Å². The van der Waals surface area contributed by atoms with Crippen molar-refractivity contribution in [3.63, 3.8) is 0 Å². The second-order valence-corrected chi connectivity index (χ2v) is 5.66. The van der Waals surface area contributed by atoms with Gasteiger partial charge in [-0.25, -0.2) is 4.79 Å². The minimum absolute atomic E-state index is 0.211. The molecule has 2 aromatic rings. The van der Waals surface area contributed by atoms with Crippen LogP contribution in [0, 0.1) is 0 Å². The minimum Gasteiger partial charge on any atom is -0.508 e. The van der Waals surface area contributed by atoms with Crippen LogP contribution in [0.1, 0.15) is 15.9 Å². The molecule has 0 bridgehead atoms. The summed E-state index contributed by atoms with van der Waals surface area (Å²) in [5.74, 6) is -0.735. The number of rotatable bonds is 5. The predicted molar refractivity (Wildman–Crippen MR) is 91.9 cm³/mol. The van der Waals surface area contributed by atoms with E-state index in [-0.39, 0.29) is 11.3 Å². The van der Waals surface area contributed by atoms with Crippen molar-refractivity contribution in [3.05, 3.63) is 53.6 Å². The van der Waals surface area contributed by atoms with Gasteiger partial charge in [0, 0.05) is 25.3 Å². The molecule has 0 saturated carbocycles. The van der Waals surface area contributed by atoms with Crippen molar-refractivity contribution in [2.24, 2.45) is 0 Å². The average molecular weight is 328 g/mol. The molecule has 0 spiro atoms. The average Bonchev–Trinajstić information content (AvgIpc) is 2.60. The van der Waals surface area contributed by atoms with Gasteiger partial charge in [-0.15, -0.1) is 0 Å². The highest BCUT2D eigenvalue weighted by molar-refractivity contribution is 5.95. The van der Waals surface area contributed by atoms with Crippen molar-refractivity contribution in [1.29, 1.82) is 0 Å². The fourth-order valence-electron chi connectivity index (χ4n) is 2.77. The molecule has 0 atom stereocenters. The van der Waals surface area contributed by atoms with Crippen LogP contribution in [0.5, 0.6) is 5.75 Å². The molecule has 0 radical (unpaired) electrons. The lowest BCUT2D eigenvalue weighted by molar-refractivity contribution is 0.0696. The Kier molecular flexibility index (Phi) is 4.86. The Morgan fingerprint density at radius 3 is 2.67 bits per heavy atom. The number of aromatic hydroxyl groups is 1. The van der Waals surface area contributed by atoms with Crippen LogP contribution in [0.4, 0.5) is 11.4 Å². The number of phenols is 1. The van der Waals surface area contributed by atoms with Crippen LogP contribution < -0.4 is 10.2 Å². The van der Waals surface area contributed by atoms with Gasteiger partial charge in [0.15, 0.2) is 0 Å². The van der Waals surface area contributed by atoms with E-state index >= 15 is 0 Å². The molecule has 0 amide bonds. The molecule has 1 fully saturated rings. The molecule has 3 rings (SSSR count). The third-order valence-electron chi connectivity index (χ3n) is 3.99. The molecule has 1 aliphatic heterocycles. The van der Waals surface area contributed by atoms with Crippen molar-refractivity contribution in [2.75, 3.05) is 36.5 Å². The summed E-state index contributed by atoms with van der Waals surface area (Å²) in [6.45, 7) is 3.10. The fourth-order valence-corrected chi connectivity index (χ4v) is 2.77. The smallest absolute Gasteiger partial charge is 0.337 e. The van der Waals surface area contributed by atoms with Crippen molar-refractivity contribution in [1.82, 2.24) is 0 Å². The molecule has 3 N–H and O–H groups in total. The quantitative estimate of drug-likeness (QED) is 0.782. The van der Waals surface area contributed by atoms with E-state index in [9.17, 15) is 15.0 Å². The Hall–Kier alpha value is -2.73. The SMILES string of the molecule is O=C(O)c1cc(NCc2cccc(O)c2)ccc1N1CCOCC1. The van der Waals surface area contributed by atoms with Crippen LogP contribution in [0.15, 0.2) is 42.5 Å². The lowest BCUT2D eigenvalue weighted by atomic mass is 10.1. The Morgan fingerprint density at radius 2 is 1.96 bits per heavy atom. The molecule has 1 saturated heterocycles. The Balaban J connectivity index is 1.77. The Labute approximate surface area is 140 Å². The van der Waals surface area contributed by atoms with Crippen LogP contribution >= 0.6 is 0 Å². The lowest BCUT2D eigenvalue weighted by Crippen LogP contribution is -2.37. The molecule has 1 aliphatic rings. The highest BCUT2D eigenvalue weighted by atomic mass is 16.5. The van der Waals surface area contributed by atoms with Crippen molar-refractivity contribution in [3.8, 4) is 5.75 Å². The van der Waals surface area contributed by atoms with E-state index in [1.807, 2.05) is 23.1 Å². The van der Waals surface area contributed by atoms with Crippen LogP contribution in [0.2, 0.25) is 0 Å². The van der Waals surface area contributed by atoms with Gasteiger partial charge in [-0.3, -0.25) is 0 Å². The number of hydrogen-bond donors (Lipinski definition) is 3. The first-order valence-corrected chi connectivity index (χ1v) is 7.85. The summed E-state index contributed by atoms with van der Waals surface area (Å²) in [5, 5.41) is 22.2.